The summed E-state index contributed by atoms with van der Waals surface area (Å²) < 4.78 is 5.09. The molecule has 5 heteroatoms. The summed E-state index contributed by atoms with van der Waals surface area (Å²) in [5, 5.41) is 0.435. The largest absolute Gasteiger partial charge is 0.287 e. The predicted octanol–water partition coefficient (Wildman–Crippen LogP) is 5.49. The van der Waals surface area contributed by atoms with Crippen LogP contribution in [0.3, 0.4) is 0 Å². The van der Waals surface area contributed by atoms with Gasteiger partial charge in [-0.15, -0.1) is 0 Å². The molecule has 0 saturated heterocycles. The molecule has 0 aliphatic rings. The van der Waals surface area contributed by atoms with Gasteiger partial charge >= 0.3 is 0 Å². The van der Waals surface area contributed by atoms with Gasteiger partial charge in [0.25, 0.3) is 0 Å². The molecule has 0 amide bonds. The third-order valence-electron chi connectivity index (χ3n) is 3.09. The number of benzene rings is 2. The van der Waals surface area contributed by atoms with Gasteiger partial charge in [-0.25, -0.2) is 0 Å². The molecule has 3 rings (SSSR count). The van der Waals surface area contributed by atoms with E-state index < -0.39 is 0 Å². The molecule has 0 spiro atoms. The summed E-state index contributed by atoms with van der Waals surface area (Å²) in [5.74, 6) is -0.138. The van der Waals surface area contributed by atoms with Crippen molar-refractivity contribution in [2.45, 2.75) is 16.0 Å². The van der Waals surface area contributed by atoms with Gasteiger partial charge in [-0.2, -0.15) is 4.37 Å². The third kappa shape index (κ3) is 3.24. The molecule has 0 aliphatic heterocycles. The highest BCUT2D eigenvalue weighted by Crippen LogP contribution is 2.38. The van der Waals surface area contributed by atoms with Crippen LogP contribution in [0.1, 0.15) is 21.6 Å². The molecule has 0 atom stereocenters. The van der Waals surface area contributed by atoms with E-state index in [1.165, 1.54) is 23.3 Å². The van der Waals surface area contributed by atoms with Gasteiger partial charge in [-0.3, -0.25) is 4.79 Å². The summed E-state index contributed by atoms with van der Waals surface area (Å²) in [6.45, 7) is 1.98. The number of carbonyl (C=O) groups is 1. The van der Waals surface area contributed by atoms with E-state index in [0.717, 1.165) is 14.7 Å². The molecule has 3 aromatic rings. The number of hydrogen-bond donors (Lipinski definition) is 0. The number of halogens is 1. The number of aromatic nitrogens is 1. The van der Waals surface area contributed by atoms with Crippen LogP contribution in [0.4, 0.5) is 0 Å². The molecule has 2 nitrogen and oxygen atoms in total. The second-order valence-electron chi connectivity index (χ2n) is 4.74. The van der Waals surface area contributed by atoms with Gasteiger partial charge in [-0.05, 0) is 30.6 Å². The first-order chi connectivity index (χ1) is 10.6. The first-order valence-corrected chi connectivity index (χ1v) is 8.61. The third-order valence-corrected chi connectivity index (χ3v) is 5.70. The monoisotopic (exact) mass is 345 g/mol. The number of aryl methyl sites for hydroxylation is 1. The molecular formula is C17H12ClNOS2. The van der Waals surface area contributed by atoms with Crippen molar-refractivity contribution in [1.29, 1.82) is 0 Å². The normalized spacial score (nSPS) is 10.6. The van der Waals surface area contributed by atoms with Gasteiger partial charge in [0.1, 0.15) is 9.90 Å². The standard InChI is InChI=1S/C17H12ClNOS2/c1-11-7-9-12(10-8-11)16(20)15-14(18)17(22-19-15)21-13-5-3-2-4-6-13/h2-10H,1H3. The van der Waals surface area contributed by atoms with Crippen molar-refractivity contribution in [3.8, 4) is 0 Å². The highest BCUT2D eigenvalue weighted by Gasteiger charge is 2.20. The number of hydrogen-bond acceptors (Lipinski definition) is 4. The molecule has 0 unspecified atom stereocenters. The summed E-state index contributed by atoms with van der Waals surface area (Å²) >= 11 is 9.14. The van der Waals surface area contributed by atoms with Gasteiger partial charge < -0.3 is 0 Å². The molecular weight excluding hydrogens is 334 g/mol. The molecule has 110 valence electrons. The second kappa shape index (κ2) is 6.65. The smallest absolute Gasteiger partial charge is 0.214 e. The molecule has 1 heterocycles. The van der Waals surface area contributed by atoms with Crippen LogP contribution in [-0.4, -0.2) is 10.2 Å². The molecule has 0 saturated carbocycles. The minimum absolute atomic E-state index is 0.138. The van der Waals surface area contributed by atoms with E-state index in [9.17, 15) is 4.79 Å². The molecule has 0 aliphatic carbocycles. The fourth-order valence-electron chi connectivity index (χ4n) is 1.91. The Hall–Kier alpha value is -1.62. The zero-order valence-electron chi connectivity index (χ0n) is 11.7. The summed E-state index contributed by atoms with van der Waals surface area (Å²) in [4.78, 5) is 13.6. The van der Waals surface area contributed by atoms with E-state index in [4.69, 9.17) is 11.6 Å². The molecule has 1 aromatic heterocycles. The predicted molar refractivity (Wildman–Crippen MR) is 92.3 cm³/mol. The lowest BCUT2D eigenvalue weighted by Gasteiger charge is -2.00. The Morgan fingerprint density at radius 1 is 1.09 bits per heavy atom. The Morgan fingerprint density at radius 2 is 1.77 bits per heavy atom. The van der Waals surface area contributed by atoms with Gasteiger partial charge in [-0.1, -0.05) is 71.4 Å². The van der Waals surface area contributed by atoms with Crippen LogP contribution in [0, 0.1) is 6.92 Å². The summed E-state index contributed by atoms with van der Waals surface area (Å²) in [6.07, 6.45) is 0. The summed E-state index contributed by atoms with van der Waals surface area (Å²) in [5.41, 5.74) is 2.05. The summed E-state index contributed by atoms with van der Waals surface area (Å²) in [6, 6.07) is 17.3. The Kier molecular flexibility index (Phi) is 4.62. The molecule has 0 bridgehead atoms. The molecule has 22 heavy (non-hydrogen) atoms. The van der Waals surface area contributed by atoms with Crippen LogP contribution in [0.15, 0.2) is 63.7 Å². The second-order valence-corrected chi connectivity index (χ2v) is 7.24. The number of carbonyl (C=O) groups excluding carboxylic acids is 1. The lowest BCUT2D eigenvalue weighted by atomic mass is 10.1. The average molecular weight is 346 g/mol. The van der Waals surface area contributed by atoms with Crippen LogP contribution >= 0.6 is 34.9 Å². The maximum atomic E-state index is 12.5. The van der Waals surface area contributed by atoms with E-state index in [-0.39, 0.29) is 5.78 Å². The van der Waals surface area contributed by atoms with Crippen molar-refractivity contribution in [2.75, 3.05) is 0 Å². The fraction of sp³-hybridized carbons (Fsp3) is 0.0588. The SMILES string of the molecule is Cc1ccc(C(=O)c2nsc(Sc3ccccc3)c2Cl)cc1. The highest BCUT2D eigenvalue weighted by atomic mass is 35.5. The maximum absolute atomic E-state index is 12.5. The van der Waals surface area contributed by atoms with Crippen molar-refractivity contribution in [2.24, 2.45) is 0 Å². The maximum Gasteiger partial charge on any atom is 0.214 e. The Bertz CT molecular complexity index is 797. The number of nitrogens with zero attached hydrogens (tertiary/aromatic N) is 1. The van der Waals surface area contributed by atoms with E-state index in [0.29, 0.717) is 16.3 Å². The minimum Gasteiger partial charge on any atom is -0.287 e. The van der Waals surface area contributed by atoms with Gasteiger partial charge in [0.15, 0.2) is 0 Å². The lowest BCUT2D eigenvalue weighted by molar-refractivity contribution is 0.103. The van der Waals surface area contributed by atoms with E-state index >= 15 is 0 Å². The number of ketones is 1. The van der Waals surface area contributed by atoms with Crippen molar-refractivity contribution in [3.63, 3.8) is 0 Å². The van der Waals surface area contributed by atoms with Crippen molar-refractivity contribution in [1.82, 2.24) is 4.37 Å². The summed E-state index contributed by atoms with van der Waals surface area (Å²) in [7, 11) is 0. The van der Waals surface area contributed by atoms with Crippen molar-refractivity contribution >= 4 is 40.7 Å². The molecule has 0 N–H and O–H groups in total. The van der Waals surface area contributed by atoms with Crippen LogP contribution < -0.4 is 0 Å². The van der Waals surface area contributed by atoms with Crippen LogP contribution in [0.25, 0.3) is 0 Å². The fourth-order valence-corrected chi connectivity index (χ4v) is 4.07. The minimum atomic E-state index is -0.138. The number of rotatable bonds is 4. The molecule has 0 radical (unpaired) electrons. The topological polar surface area (TPSA) is 30.0 Å². The zero-order valence-corrected chi connectivity index (χ0v) is 14.1. The van der Waals surface area contributed by atoms with Crippen LogP contribution in [0.5, 0.6) is 0 Å². The van der Waals surface area contributed by atoms with Crippen molar-refractivity contribution in [3.05, 3.63) is 76.4 Å². The van der Waals surface area contributed by atoms with Gasteiger partial charge in [0.2, 0.25) is 5.78 Å². The van der Waals surface area contributed by atoms with Crippen molar-refractivity contribution < 1.29 is 4.79 Å². The van der Waals surface area contributed by atoms with Crippen LogP contribution in [-0.2, 0) is 0 Å². The first kappa shape index (κ1) is 15.3. The lowest BCUT2D eigenvalue weighted by Crippen LogP contribution is -2.02. The molecule has 0 fully saturated rings. The van der Waals surface area contributed by atoms with Gasteiger partial charge in [0, 0.05) is 10.5 Å². The van der Waals surface area contributed by atoms with E-state index in [1.807, 2.05) is 49.4 Å². The average Bonchev–Trinajstić information content (AvgIpc) is 2.89. The van der Waals surface area contributed by atoms with E-state index in [1.54, 1.807) is 12.1 Å². The first-order valence-electron chi connectivity index (χ1n) is 6.64. The van der Waals surface area contributed by atoms with Gasteiger partial charge in [0.05, 0.1) is 5.02 Å². The van der Waals surface area contributed by atoms with Crippen LogP contribution in [0.2, 0.25) is 5.02 Å². The van der Waals surface area contributed by atoms with E-state index in [2.05, 4.69) is 4.37 Å². The Balaban J connectivity index is 1.87. The molecule has 2 aromatic carbocycles. The quantitative estimate of drug-likeness (QED) is 0.586. The Morgan fingerprint density at radius 3 is 2.45 bits per heavy atom. The zero-order chi connectivity index (χ0) is 15.5. The highest BCUT2D eigenvalue weighted by molar-refractivity contribution is 8.01. The Labute approximate surface area is 142 Å².